The van der Waals surface area contributed by atoms with Gasteiger partial charge in [-0.15, -0.1) is 10.2 Å². The lowest BCUT2D eigenvalue weighted by Gasteiger charge is -2.07. The highest BCUT2D eigenvalue weighted by Gasteiger charge is 2.13. The topological polar surface area (TPSA) is 98.7 Å². The van der Waals surface area contributed by atoms with Gasteiger partial charge in [0.05, 0.1) is 0 Å². The van der Waals surface area contributed by atoms with Crippen molar-refractivity contribution in [2.24, 2.45) is 0 Å². The molecule has 0 saturated carbocycles. The number of benzene rings is 2. The Labute approximate surface area is 190 Å². The number of oxazole rings is 1. The molecule has 0 bridgehead atoms. The first-order chi connectivity index (χ1) is 16.1. The summed E-state index contributed by atoms with van der Waals surface area (Å²) in [5.41, 5.74) is 4.64. The lowest BCUT2D eigenvalue weighted by Crippen LogP contribution is -2.14. The zero-order chi connectivity index (χ0) is 22.8. The van der Waals surface area contributed by atoms with Gasteiger partial charge in [0.15, 0.2) is 5.58 Å². The van der Waals surface area contributed by atoms with Crippen molar-refractivity contribution in [1.82, 2.24) is 24.7 Å². The van der Waals surface area contributed by atoms with Crippen LogP contribution in [0.5, 0.6) is 0 Å². The number of hydrogen-bond donors (Lipinski definition) is 1. The molecular weight excluding hydrogens is 416 g/mol. The number of carbonyl (C=O) groups is 1. The standard InChI is InChI=1S/C25H22N6O2/c1-3-16(2)18-9-12-22-21(13-18)30-25(33-22)17-7-10-19(11-8-17)28-24(32)20-5-4-6-23(29-20)31-14-26-27-15-31/h4-16H,3H2,1-2H3,(H,28,32)/t16-/m0/s1. The van der Waals surface area contributed by atoms with E-state index in [1.165, 1.54) is 18.2 Å². The van der Waals surface area contributed by atoms with Gasteiger partial charge < -0.3 is 9.73 Å². The fraction of sp³-hybridized carbons (Fsp3) is 0.160. The van der Waals surface area contributed by atoms with E-state index in [2.05, 4.69) is 51.5 Å². The molecule has 0 fully saturated rings. The summed E-state index contributed by atoms with van der Waals surface area (Å²) >= 11 is 0. The smallest absolute Gasteiger partial charge is 0.274 e. The third-order valence-corrected chi connectivity index (χ3v) is 5.63. The third kappa shape index (κ3) is 4.23. The van der Waals surface area contributed by atoms with Crippen LogP contribution in [0.15, 0.2) is 77.7 Å². The summed E-state index contributed by atoms with van der Waals surface area (Å²) in [6.45, 7) is 4.38. The van der Waals surface area contributed by atoms with E-state index in [0.717, 1.165) is 23.1 Å². The van der Waals surface area contributed by atoms with E-state index in [0.29, 0.717) is 29.0 Å². The van der Waals surface area contributed by atoms with Crippen LogP contribution < -0.4 is 5.32 Å². The summed E-state index contributed by atoms with van der Waals surface area (Å²) in [5.74, 6) is 1.28. The number of fused-ring (bicyclic) bond motifs is 1. The number of nitrogens with zero attached hydrogens (tertiary/aromatic N) is 5. The second-order valence-corrected chi connectivity index (χ2v) is 7.84. The molecule has 2 aromatic carbocycles. The SMILES string of the molecule is CC[C@H](C)c1ccc2oc(-c3ccc(NC(=O)c4cccc(-n5cnnc5)n4)cc3)nc2c1. The Kier molecular flexibility index (Phi) is 5.40. The van der Waals surface area contributed by atoms with Crippen LogP contribution in [0.4, 0.5) is 5.69 Å². The first-order valence-electron chi connectivity index (χ1n) is 10.7. The van der Waals surface area contributed by atoms with E-state index in [-0.39, 0.29) is 5.91 Å². The second kappa shape index (κ2) is 8.66. The maximum absolute atomic E-state index is 12.7. The lowest BCUT2D eigenvalue weighted by molar-refractivity contribution is 0.102. The summed E-state index contributed by atoms with van der Waals surface area (Å²) in [7, 11) is 0. The first-order valence-corrected chi connectivity index (χ1v) is 10.7. The average Bonchev–Trinajstić information content (AvgIpc) is 3.54. The molecule has 1 amide bonds. The van der Waals surface area contributed by atoms with E-state index < -0.39 is 0 Å². The molecule has 1 atom stereocenters. The molecule has 0 unspecified atom stereocenters. The van der Waals surface area contributed by atoms with Crippen molar-refractivity contribution in [1.29, 1.82) is 0 Å². The number of aromatic nitrogens is 5. The minimum Gasteiger partial charge on any atom is -0.436 e. The molecule has 0 radical (unpaired) electrons. The molecule has 0 saturated heterocycles. The number of nitrogens with one attached hydrogen (secondary N) is 1. The Hall–Kier alpha value is -4.33. The van der Waals surface area contributed by atoms with Gasteiger partial charge in [0.2, 0.25) is 5.89 Å². The van der Waals surface area contributed by atoms with Crippen LogP contribution in [-0.4, -0.2) is 30.6 Å². The molecule has 33 heavy (non-hydrogen) atoms. The molecule has 1 N–H and O–H groups in total. The summed E-state index contributed by atoms with van der Waals surface area (Å²) in [6, 6.07) is 18.7. The number of amides is 1. The number of pyridine rings is 1. The Morgan fingerprint density at radius 2 is 1.82 bits per heavy atom. The van der Waals surface area contributed by atoms with E-state index >= 15 is 0 Å². The Morgan fingerprint density at radius 3 is 2.58 bits per heavy atom. The van der Waals surface area contributed by atoms with Crippen LogP contribution in [0.25, 0.3) is 28.4 Å². The van der Waals surface area contributed by atoms with Crippen molar-refractivity contribution in [3.05, 3.63) is 84.6 Å². The van der Waals surface area contributed by atoms with Gasteiger partial charge in [0.1, 0.15) is 29.7 Å². The molecule has 3 heterocycles. The predicted octanol–water partition coefficient (Wildman–Crippen LogP) is 5.24. The first kappa shape index (κ1) is 20.6. The highest BCUT2D eigenvalue weighted by molar-refractivity contribution is 6.03. The Bertz CT molecular complexity index is 1410. The molecule has 0 aliphatic heterocycles. The van der Waals surface area contributed by atoms with Gasteiger partial charge in [-0.05, 0) is 66.4 Å². The van der Waals surface area contributed by atoms with Gasteiger partial charge in [0, 0.05) is 11.3 Å². The van der Waals surface area contributed by atoms with Gasteiger partial charge in [-0.25, -0.2) is 9.97 Å². The minimum absolute atomic E-state index is 0.293. The summed E-state index contributed by atoms with van der Waals surface area (Å²) in [4.78, 5) is 21.7. The molecule has 0 spiro atoms. The molecule has 8 nitrogen and oxygen atoms in total. The molecule has 0 aliphatic rings. The van der Waals surface area contributed by atoms with Gasteiger partial charge >= 0.3 is 0 Å². The second-order valence-electron chi connectivity index (χ2n) is 7.84. The summed E-state index contributed by atoms with van der Waals surface area (Å²) < 4.78 is 7.58. The van der Waals surface area contributed by atoms with Crippen LogP contribution in [-0.2, 0) is 0 Å². The van der Waals surface area contributed by atoms with Crippen molar-refractivity contribution < 1.29 is 9.21 Å². The quantitative estimate of drug-likeness (QED) is 0.389. The summed E-state index contributed by atoms with van der Waals surface area (Å²) in [6.07, 6.45) is 4.13. The number of anilines is 1. The van der Waals surface area contributed by atoms with Crippen LogP contribution >= 0.6 is 0 Å². The van der Waals surface area contributed by atoms with Gasteiger partial charge in [-0.1, -0.05) is 26.0 Å². The zero-order valence-corrected chi connectivity index (χ0v) is 18.3. The fourth-order valence-corrected chi connectivity index (χ4v) is 3.51. The highest BCUT2D eigenvalue weighted by atomic mass is 16.3. The molecule has 5 aromatic rings. The summed E-state index contributed by atoms with van der Waals surface area (Å²) in [5, 5.41) is 10.4. The number of carbonyl (C=O) groups excluding carboxylic acids is 1. The molecule has 8 heteroatoms. The molecule has 5 rings (SSSR count). The normalized spacial score (nSPS) is 12.1. The molecule has 164 valence electrons. The van der Waals surface area contributed by atoms with Crippen LogP contribution in [0.2, 0.25) is 0 Å². The number of hydrogen-bond acceptors (Lipinski definition) is 6. The van der Waals surface area contributed by atoms with Crippen molar-refractivity contribution >= 4 is 22.7 Å². The monoisotopic (exact) mass is 438 g/mol. The van der Waals surface area contributed by atoms with Crippen molar-refractivity contribution in [2.75, 3.05) is 5.32 Å². The zero-order valence-electron chi connectivity index (χ0n) is 18.3. The van der Waals surface area contributed by atoms with E-state index in [1.54, 1.807) is 22.8 Å². The van der Waals surface area contributed by atoms with Crippen LogP contribution in [0.1, 0.15) is 42.2 Å². The molecular formula is C25H22N6O2. The van der Waals surface area contributed by atoms with Crippen LogP contribution in [0, 0.1) is 0 Å². The van der Waals surface area contributed by atoms with Crippen molar-refractivity contribution in [3.63, 3.8) is 0 Å². The minimum atomic E-state index is -0.308. The van der Waals surface area contributed by atoms with E-state index in [9.17, 15) is 4.79 Å². The predicted molar refractivity (Wildman–Crippen MR) is 125 cm³/mol. The Balaban J connectivity index is 1.33. The molecule has 3 aromatic heterocycles. The van der Waals surface area contributed by atoms with Gasteiger partial charge in [0.25, 0.3) is 5.91 Å². The van der Waals surface area contributed by atoms with Gasteiger partial charge in [-0.3, -0.25) is 9.36 Å². The maximum Gasteiger partial charge on any atom is 0.274 e. The van der Waals surface area contributed by atoms with E-state index in [4.69, 9.17) is 4.42 Å². The highest BCUT2D eigenvalue weighted by Crippen LogP contribution is 2.28. The molecule has 0 aliphatic carbocycles. The maximum atomic E-state index is 12.7. The lowest BCUT2D eigenvalue weighted by atomic mass is 9.98. The third-order valence-electron chi connectivity index (χ3n) is 5.63. The van der Waals surface area contributed by atoms with Gasteiger partial charge in [-0.2, -0.15) is 0 Å². The van der Waals surface area contributed by atoms with E-state index in [1.807, 2.05) is 30.3 Å². The number of rotatable bonds is 6. The largest absolute Gasteiger partial charge is 0.436 e. The Morgan fingerprint density at radius 1 is 1.03 bits per heavy atom. The average molecular weight is 438 g/mol. The van der Waals surface area contributed by atoms with Crippen molar-refractivity contribution in [2.45, 2.75) is 26.2 Å². The van der Waals surface area contributed by atoms with Crippen molar-refractivity contribution in [3.8, 4) is 17.3 Å². The fourth-order valence-electron chi connectivity index (χ4n) is 3.51. The van der Waals surface area contributed by atoms with Crippen LogP contribution in [0.3, 0.4) is 0 Å².